The lowest BCUT2D eigenvalue weighted by molar-refractivity contribution is -0.142. The summed E-state index contributed by atoms with van der Waals surface area (Å²) in [6.07, 6.45) is -3.00. The number of carbonyl (C=O) groups excluding carboxylic acids is 1. The van der Waals surface area contributed by atoms with Crippen molar-refractivity contribution in [2.24, 2.45) is 0 Å². The number of rotatable bonds is 5. The molecule has 0 saturated heterocycles. The zero-order chi connectivity index (χ0) is 21.3. The molecule has 0 bridgehead atoms. The Morgan fingerprint density at radius 1 is 1.21 bits per heavy atom. The fourth-order valence-corrected chi connectivity index (χ4v) is 3.57. The highest BCUT2D eigenvalue weighted by molar-refractivity contribution is 9.10. The van der Waals surface area contributed by atoms with Gasteiger partial charge in [-0.05, 0) is 35.0 Å². The third-order valence-electron chi connectivity index (χ3n) is 3.99. The molecule has 0 unspecified atom stereocenters. The molecule has 1 aromatic carbocycles. The summed E-state index contributed by atoms with van der Waals surface area (Å²) >= 11 is 15.1. The van der Waals surface area contributed by atoms with Crippen LogP contribution in [0.4, 0.5) is 19.0 Å². The maximum atomic E-state index is 12.9. The summed E-state index contributed by atoms with van der Waals surface area (Å²) in [5.74, 6) is -0.337. The second kappa shape index (κ2) is 8.37. The third-order valence-corrected chi connectivity index (χ3v) is 5.64. The number of alkyl halides is 3. The van der Waals surface area contributed by atoms with Crippen molar-refractivity contribution < 1.29 is 18.0 Å². The quantitative estimate of drug-likeness (QED) is 0.515. The molecule has 0 fully saturated rings. The first-order chi connectivity index (χ1) is 13.6. The van der Waals surface area contributed by atoms with Crippen LogP contribution in [0, 0.1) is 6.92 Å². The molecule has 6 nitrogen and oxygen atoms in total. The van der Waals surface area contributed by atoms with E-state index in [4.69, 9.17) is 23.2 Å². The molecule has 0 aliphatic heterocycles. The zero-order valence-electron chi connectivity index (χ0n) is 14.8. The molecule has 1 N–H and O–H groups in total. The molecule has 0 aliphatic rings. The smallest absolute Gasteiger partial charge is 0.308 e. The van der Waals surface area contributed by atoms with E-state index in [1.54, 1.807) is 30.5 Å². The van der Waals surface area contributed by atoms with Crippen molar-refractivity contribution in [1.82, 2.24) is 19.6 Å². The molecule has 3 rings (SSSR count). The number of nitrogens with zero attached hydrogens (tertiary/aromatic N) is 4. The minimum Gasteiger partial charge on any atom is -0.308 e. The minimum atomic E-state index is -4.62. The first kappa shape index (κ1) is 21.7. The third kappa shape index (κ3) is 4.93. The Hall–Kier alpha value is -2.04. The average molecular weight is 511 g/mol. The predicted octanol–water partition coefficient (Wildman–Crippen LogP) is 5.16. The van der Waals surface area contributed by atoms with Crippen LogP contribution in [-0.2, 0) is 24.1 Å². The molecule has 154 valence electrons. The van der Waals surface area contributed by atoms with Crippen LogP contribution in [0.2, 0.25) is 10.0 Å². The van der Waals surface area contributed by atoms with Crippen LogP contribution in [0.3, 0.4) is 0 Å². The van der Waals surface area contributed by atoms with Gasteiger partial charge in [0.1, 0.15) is 6.54 Å². The number of benzene rings is 1. The topological polar surface area (TPSA) is 64.7 Å². The number of hydrogen-bond donors (Lipinski definition) is 1. The maximum absolute atomic E-state index is 12.9. The molecule has 12 heteroatoms. The molecular weight excluding hydrogens is 498 g/mol. The van der Waals surface area contributed by atoms with E-state index in [-0.39, 0.29) is 22.5 Å². The molecule has 0 saturated carbocycles. The van der Waals surface area contributed by atoms with Crippen LogP contribution in [0.25, 0.3) is 0 Å². The van der Waals surface area contributed by atoms with Crippen molar-refractivity contribution >= 4 is 50.9 Å². The highest BCUT2D eigenvalue weighted by Gasteiger charge is 2.38. The highest BCUT2D eigenvalue weighted by atomic mass is 79.9. The molecule has 0 spiro atoms. The summed E-state index contributed by atoms with van der Waals surface area (Å²) in [4.78, 5) is 12.2. The molecular formula is C17H13BrCl2F3N5O. The summed E-state index contributed by atoms with van der Waals surface area (Å²) in [6, 6.07) is 6.68. The highest BCUT2D eigenvalue weighted by Crippen LogP contribution is 2.35. The molecule has 2 aromatic heterocycles. The van der Waals surface area contributed by atoms with Gasteiger partial charge in [0, 0.05) is 27.9 Å². The summed E-state index contributed by atoms with van der Waals surface area (Å²) < 4.78 is 41.1. The van der Waals surface area contributed by atoms with Crippen LogP contribution in [-0.4, -0.2) is 25.5 Å². The summed E-state index contributed by atoms with van der Waals surface area (Å²) in [5, 5.41) is 11.2. The van der Waals surface area contributed by atoms with Crippen molar-refractivity contribution in [2.45, 2.75) is 26.2 Å². The lowest BCUT2D eigenvalue weighted by Gasteiger charge is -2.07. The minimum absolute atomic E-state index is 0.186. The largest absolute Gasteiger partial charge is 0.436 e. The van der Waals surface area contributed by atoms with Gasteiger partial charge in [-0.3, -0.25) is 14.2 Å². The van der Waals surface area contributed by atoms with Crippen LogP contribution in [0.1, 0.15) is 17.0 Å². The Labute approximate surface area is 181 Å². The summed E-state index contributed by atoms with van der Waals surface area (Å²) in [7, 11) is 0. The Bertz CT molecular complexity index is 1040. The summed E-state index contributed by atoms with van der Waals surface area (Å²) in [5.41, 5.74) is -0.219. The van der Waals surface area contributed by atoms with Crippen LogP contribution < -0.4 is 5.32 Å². The van der Waals surface area contributed by atoms with Crippen LogP contribution in [0.5, 0.6) is 0 Å². The van der Waals surface area contributed by atoms with Gasteiger partial charge < -0.3 is 5.32 Å². The number of hydrogen-bond acceptors (Lipinski definition) is 3. The molecule has 0 aliphatic carbocycles. The SMILES string of the molecule is Cc1c(Br)c(C(F)(F)F)nn1CC(=O)Nc1ccn(Cc2c(Cl)cccc2Cl)n1. The van der Waals surface area contributed by atoms with Crippen molar-refractivity contribution in [1.29, 1.82) is 0 Å². The fraction of sp³-hybridized carbons (Fsp3) is 0.235. The molecule has 2 heterocycles. The standard InChI is InChI=1S/C17H13BrCl2F3N5O/c1-9-15(18)16(17(21,22)23)26-28(9)8-14(29)24-13-5-6-27(25-13)7-10-11(19)3-2-4-12(10)20/h2-6H,7-8H2,1H3,(H,24,25,29). The van der Waals surface area contributed by atoms with E-state index in [1.165, 1.54) is 11.6 Å². The zero-order valence-corrected chi connectivity index (χ0v) is 17.9. The number of amides is 1. The van der Waals surface area contributed by atoms with Gasteiger partial charge in [-0.15, -0.1) is 0 Å². The van der Waals surface area contributed by atoms with Crippen molar-refractivity contribution in [3.05, 3.63) is 61.9 Å². The monoisotopic (exact) mass is 509 g/mol. The van der Waals surface area contributed by atoms with Gasteiger partial charge in [0.2, 0.25) is 5.91 Å². The number of halogens is 6. The van der Waals surface area contributed by atoms with Gasteiger partial charge in [0.05, 0.1) is 16.7 Å². The number of nitrogens with one attached hydrogen (secondary N) is 1. The first-order valence-electron chi connectivity index (χ1n) is 8.12. The van der Waals surface area contributed by atoms with E-state index in [1.807, 2.05) is 0 Å². The Morgan fingerprint density at radius 3 is 2.45 bits per heavy atom. The van der Waals surface area contributed by atoms with Crippen molar-refractivity contribution in [2.75, 3.05) is 5.32 Å². The predicted molar refractivity (Wildman–Crippen MR) is 106 cm³/mol. The van der Waals surface area contributed by atoms with Gasteiger partial charge in [-0.1, -0.05) is 29.3 Å². The van der Waals surface area contributed by atoms with Crippen LogP contribution in [0.15, 0.2) is 34.9 Å². The lowest BCUT2D eigenvalue weighted by atomic mass is 10.2. The molecule has 3 aromatic rings. The van der Waals surface area contributed by atoms with E-state index >= 15 is 0 Å². The first-order valence-corrected chi connectivity index (χ1v) is 9.67. The van der Waals surface area contributed by atoms with Gasteiger partial charge >= 0.3 is 6.18 Å². The van der Waals surface area contributed by atoms with Gasteiger partial charge in [0.25, 0.3) is 0 Å². The van der Waals surface area contributed by atoms with Crippen LogP contribution >= 0.6 is 39.1 Å². The fourth-order valence-electron chi connectivity index (χ4n) is 2.54. The summed E-state index contributed by atoms with van der Waals surface area (Å²) in [6.45, 7) is 1.32. The van der Waals surface area contributed by atoms with E-state index in [9.17, 15) is 18.0 Å². The average Bonchev–Trinajstić information content (AvgIpc) is 3.17. The van der Waals surface area contributed by atoms with Gasteiger partial charge in [-0.2, -0.15) is 23.4 Å². The Balaban J connectivity index is 1.68. The van der Waals surface area contributed by atoms with Gasteiger partial charge in [-0.25, -0.2) is 0 Å². The molecule has 0 radical (unpaired) electrons. The van der Waals surface area contributed by atoms with Crippen molar-refractivity contribution in [3.8, 4) is 0 Å². The molecule has 0 atom stereocenters. The Kier molecular flexibility index (Phi) is 6.25. The number of aromatic nitrogens is 4. The van der Waals surface area contributed by atoms with E-state index < -0.39 is 24.3 Å². The second-order valence-corrected chi connectivity index (χ2v) is 7.66. The second-order valence-electron chi connectivity index (χ2n) is 6.05. The number of carbonyl (C=O) groups is 1. The van der Waals surface area contributed by atoms with Crippen molar-refractivity contribution in [3.63, 3.8) is 0 Å². The lowest BCUT2D eigenvalue weighted by Crippen LogP contribution is -2.21. The van der Waals surface area contributed by atoms with Gasteiger partial charge in [0.15, 0.2) is 11.5 Å². The van der Waals surface area contributed by atoms with E-state index in [2.05, 4.69) is 31.4 Å². The normalized spacial score (nSPS) is 11.7. The molecule has 29 heavy (non-hydrogen) atoms. The Morgan fingerprint density at radius 2 is 1.86 bits per heavy atom. The molecule has 1 amide bonds. The van der Waals surface area contributed by atoms with E-state index in [0.717, 1.165) is 4.68 Å². The number of anilines is 1. The maximum Gasteiger partial charge on any atom is 0.436 e. The van der Waals surface area contributed by atoms with E-state index in [0.29, 0.717) is 15.6 Å².